The second-order valence-corrected chi connectivity index (χ2v) is 6.34. The van der Waals surface area contributed by atoms with Crippen LogP contribution in [0.25, 0.3) is 0 Å². The standard InChI is InChI=1S/C10H15N3O2S/c11-9-6-12-3-1-10(9)13-5-8-2-4-16(14,15)7-8/h1,3,6,8H,2,4-5,7,11H2,(H,12,13). The van der Waals surface area contributed by atoms with Gasteiger partial charge in [0.2, 0.25) is 0 Å². The van der Waals surface area contributed by atoms with Crippen molar-refractivity contribution in [1.82, 2.24) is 4.98 Å². The molecule has 3 N–H and O–H groups in total. The summed E-state index contributed by atoms with van der Waals surface area (Å²) in [6.07, 6.45) is 3.97. The van der Waals surface area contributed by atoms with Gasteiger partial charge in [-0.05, 0) is 18.4 Å². The fourth-order valence-electron chi connectivity index (χ4n) is 1.85. The Bertz CT molecular complexity index is 473. The first-order chi connectivity index (χ1) is 7.57. The zero-order chi connectivity index (χ0) is 11.6. The predicted molar refractivity (Wildman–Crippen MR) is 63.9 cm³/mol. The van der Waals surface area contributed by atoms with E-state index in [0.717, 1.165) is 12.1 Å². The number of rotatable bonds is 3. The highest BCUT2D eigenvalue weighted by atomic mass is 32.2. The van der Waals surface area contributed by atoms with Gasteiger partial charge in [-0.15, -0.1) is 0 Å². The minimum atomic E-state index is -2.79. The summed E-state index contributed by atoms with van der Waals surface area (Å²) in [5.74, 6) is 0.786. The number of hydrogen-bond donors (Lipinski definition) is 2. The summed E-state index contributed by atoms with van der Waals surface area (Å²) >= 11 is 0. The molecule has 1 aromatic rings. The van der Waals surface area contributed by atoms with Crippen molar-refractivity contribution in [3.8, 4) is 0 Å². The van der Waals surface area contributed by atoms with Gasteiger partial charge in [0.05, 0.1) is 29.1 Å². The summed E-state index contributed by atoms with van der Waals surface area (Å²) in [5.41, 5.74) is 7.12. The van der Waals surface area contributed by atoms with E-state index in [4.69, 9.17) is 5.73 Å². The molecule has 1 aliphatic heterocycles. The molecule has 0 aromatic carbocycles. The molecule has 1 saturated heterocycles. The Hall–Kier alpha value is -1.30. The molecule has 1 aromatic heterocycles. The minimum Gasteiger partial charge on any atom is -0.396 e. The zero-order valence-corrected chi connectivity index (χ0v) is 9.70. The van der Waals surface area contributed by atoms with Crippen molar-refractivity contribution >= 4 is 21.2 Å². The second kappa shape index (κ2) is 4.29. The van der Waals surface area contributed by atoms with Gasteiger partial charge in [-0.25, -0.2) is 8.42 Å². The van der Waals surface area contributed by atoms with E-state index in [-0.39, 0.29) is 11.7 Å². The quantitative estimate of drug-likeness (QED) is 0.805. The van der Waals surface area contributed by atoms with Gasteiger partial charge in [-0.1, -0.05) is 0 Å². The summed E-state index contributed by atoms with van der Waals surface area (Å²) in [6, 6.07) is 1.79. The summed E-state index contributed by atoms with van der Waals surface area (Å²) in [6.45, 7) is 0.646. The Morgan fingerprint density at radius 2 is 2.38 bits per heavy atom. The Balaban J connectivity index is 1.92. The topological polar surface area (TPSA) is 85.1 Å². The molecule has 0 amide bonds. The zero-order valence-electron chi connectivity index (χ0n) is 8.89. The molecule has 5 nitrogen and oxygen atoms in total. The van der Waals surface area contributed by atoms with Gasteiger partial charge in [0, 0.05) is 12.7 Å². The van der Waals surface area contributed by atoms with Crippen LogP contribution in [0.15, 0.2) is 18.5 Å². The van der Waals surface area contributed by atoms with Crippen molar-refractivity contribution in [3.63, 3.8) is 0 Å². The SMILES string of the molecule is Nc1cnccc1NCC1CCS(=O)(=O)C1. The smallest absolute Gasteiger partial charge is 0.150 e. The van der Waals surface area contributed by atoms with Crippen molar-refractivity contribution in [2.24, 2.45) is 5.92 Å². The average Bonchev–Trinajstić information content (AvgIpc) is 2.57. The highest BCUT2D eigenvalue weighted by Crippen LogP contribution is 2.21. The van der Waals surface area contributed by atoms with E-state index in [0.29, 0.717) is 18.0 Å². The molecule has 0 spiro atoms. The van der Waals surface area contributed by atoms with Gasteiger partial charge in [-0.2, -0.15) is 0 Å². The van der Waals surface area contributed by atoms with Gasteiger partial charge in [0.25, 0.3) is 0 Å². The maximum Gasteiger partial charge on any atom is 0.150 e. The largest absolute Gasteiger partial charge is 0.396 e. The van der Waals surface area contributed by atoms with Gasteiger partial charge in [0.1, 0.15) is 0 Å². The lowest BCUT2D eigenvalue weighted by Gasteiger charge is -2.12. The van der Waals surface area contributed by atoms with E-state index < -0.39 is 9.84 Å². The van der Waals surface area contributed by atoms with E-state index >= 15 is 0 Å². The van der Waals surface area contributed by atoms with Crippen molar-refractivity contribution in [2.75, 3.05) is 29.1 Å². The van der Waals surface area contributed by atoms with Gasteiger partial charge >= 0.3 is 0 Å². The lowest BCUT2D eigenvalue weighted by molar-refractivity contribution is 0.596. The number of nitrogen functional groups attached to an aromatic ring is 1. The van der Waals surface area contributed by atoms with Crippen LogP contribution in [0.4, 0.5) is 11.4 Å². The van der Waals surface area contributed by atoms with Crippen LogP contribution in [-0.4, -0.2) is 31.5 Å². The molecule has 2 rings (SSSR count). The number of nitrogens with two attached hydrogens (primary N) is 1. The van der Waals surface area contributed by atoms with Crippen molar-refractivity contribution in [2.45, 2.75) is 6.42 Å². The van der Waals surface area contributed by atoms with Crippen LogP contribution in [0.5, 0.6) is 0 Å². The predicted octanol–water partition coefficient (Wildman–Crippen LogP) is 0.510. The van der Waals surface area contributed by atoms with Crippen molar-refractivity contribution < 1.29 is 8.42 Å². The van der Waals surface area contributed by atoms with Crippen LogP contribution in [0.1, 0.15) is 6.42 Å². The monoisotopic (exact) mass is 241 g/mol. The van der Waals surface area contributed by atoms with E-state index in [1.165, 1.54) is 0 Å². The Morgan fingerprint density at radius 3 is 3.00 bits per heavy atom. The summed E-state index contributed by atoms with van der Waals surface area (Å²) in [5, 5.41) is 3.16. The van der Waals surface area contributed by atoms with E-state index in [1.807, 2.05) is 0 Å². The summed E-state index contributed by atoms with van der Waals surface area (Å²) in [7, 11) is -2.79. The number of anilines is 2. The maximum absolute atomic E-state index is 11.3. The highest BCUT2D eigenvalue weighted by Gasteiger charge is 2.27. The molecule has 2 heterocycles. The molecule has 1 atom stereocenters. The maximum atomic E-state index is 11.3. The number of pyridine rings is 1. The molecule has 1 fully saturated rings. The lowest BCUT2D eigenvalue weighted by atomic mass is 10.1. The fourth-order valence-corrected chi connectivity index (χ4v) is 3.72. The molecule has 0 saturated carbocycles. The van der Waals surface area contributed by atoms with Gasteiger partial charge in [-0.3, -0.25) is 4.98 Å². The van der Waals surface area contributed by atoms with E-state index in [9.17, 15) is 8.42 Å². The molecule has 6 heteroatoms. The molecule has 16 heavy (non-hydrogen) atoms. The number of sulfone groups is 1. The molecule has 0 bridgehead atoms. The van der Waals surface area contributed by atoms with Crippen LogP contribution in [0, 0.1) is 5.92 Å². The Kier molecular flexibility index (Phi) is 3.00. The minimum absolute atomic E-state index is 0.192. The first-order valence-electron chi connectivity index (χ1n) is 5.20. The molecule has 0 radical (unpaired) electrons. The van der Waals surface area contributed by atoms with Crippen LogP contribution in [0.3, 0.4) is 0 Å². The molecule has 1 aliphatic rings. The summed E-state index contributed by atoms with van der Waals surface area (Å²) < 4.78 is 22.5. The molecule has 1 unspecified atom stereocenters. The fraction of sp³-hybridized carbons (Fsp3) is 0.500. The van der Waals surface area contributed by atoms with E-state index in [2.05, 4.69) is 10.3 Å². The van der Waals surface area contributed by atoms with Crippen LogP contribution >= 0.6 is 0 Å². The third-order valence-corrected chi connectivity index (χ3v) is 4.60. The highest BCUT2D eigenvalue weighted by molar-refractivity contribution is 7.91. The number of hydrogen-bond acceptors (Lipinski definition) is 5. The Labute approximate surface area is 95.0 Å². The number of nitrogens with one attached hydrogen (secondary N) is 1. The number of nitrogens with zero attached hydrogens (tertiary/aromatic N) is 1. The summed E-state index contributed by atoms with van der Waals surface area (Å²) in [4.78, 5) is 3.89. The van der Waals surface area contributed by atoms with Gasteiger partial charge < -0.3 is 11.1 Å². The van der Waals surface area contributed by atoms with Gasteiger partial charge in [0.15, 0.2) is 9.84 Å². The third-order valence-electron chi connectivity index (χ3n) is 2.76. The number of aromatic nitrogens is 1. The van der Waals surface area contributed by atoms with Crippen LogP contribution < -0.4 is 11.1 Å². The molecular weight excluding hydrogens is 226 g/mol. The Morgan fingerprint density at radius 1 is 1.56 bits per heavy atom. The average molecular weight is 241 g/mol. The first-order valence-corrected chi connectivity index (χ1v) is 7.03. The second-order valence-electron chi connectivity index (χ2n) is 4.11. The lowest BCUT2D eigenvalue weighted by Crippen LogP contribution is -2.16. The van der Waals surface area contributed by atoms with Crippen molar-refractivity contribution in [3.05, 3.63) is 18.5 Å². The molecule has 88 valence electrons. The third kappa shape index (κ3) is 2.63. The normalized spacial score (nSPS) is 23.1. The van der Waals surface area contributed by atoms with Crippen LogP contribution in [-0.2, 0) is 9.84 Å². The van der Waals surface area contributed by atoms with Crippen molar-refractivity contribution in [1.29, 1.82) is 0 Å². The first kappa shape index (κ1) is 11.2. The van der Waals surface area contributed by atoms with Crippen LogP contribution in [0.2, 0.25) is 0 Å². The molecular formula is C10H15N3O2S. The van der Waals surface area contributed by atoms with E-state index in [1.54, 1.807) is 18.5 Å². The molecule has 0 aliphatic carbocycles.